The Balaban J connectivity index is 0.000000461. The van der Waals surface area contributed by atoms with Crippen LogP contribution in [0.4, 0.5) is 5.82 Å². The van der Waals surface area contributed by atoms with E-state index in [1.165, 1.54) is 6.20 Å². The molecule has 1 aromatic rings. The zero-order valence-corrected chi connectivity index (χ0v) is 7.26. The molecule has 1 heterocycles. The number of halogens is 1. The van der Waals surface area contributed by atoms with Crippen LogP contribution in [-0.2, 0) is 0 Å². The second kappa shape index (κ2) is 5.88. The highest BCUT2D eigenvalue weighted by Crippen LogP contribution is 2.02. The summed E-state index contributed by atoms with van der Waals surface area (Å²) in [4.78, 5) is 7.36. The summed E-state index contributed by atoms with van der Waals surface area (Å²) < 4.78 is 0. The zero-order valence-electron chi connectivity index (χ0n) is 6.50. The van der Waals surface area contributed by atoms with Gasteiger partial charge in [-0.1, -0.05) is 13.8 Å². The minimum atomic E-state index is 0.186. The summed E-state index contributed by atoms with van der Waals surface area (Å²) in [5.74, 6) is 5.53. The summed E-state index contributed by atoms with van der Waals surface area (Å²) in [5.41, 5.74) is 2.33. The van der Waals surface area contributed by atoms with E-state index in [9.17, 15) is 0 Å². The van der Waals surface area contributed by atoms with Crippen LogP contribution < -0.4 is 11.3 Å². The number of anilines is 1. The maximum Gasteiger partial charge on any atom is 0.224 e. The molecule has 1 rings (SSSR count). The van der Waals surface area contributed by atoms with Crippen LogP contribution in [0.15, 0.2) is 12.3 Å². The van der Waals surface area contributed by atoms with Gasteiger partial charge in [0.05, 0.1) is 0 Å². The lowest BCUT2D eigenvalue weighted by Crippen LogP contribution is -2.08. The number of nitrogens with zero attached hydrogens (tertiary/aromatic N) is 2. The molecule has 0 amide bonds. The Labute approximate surface area is 70.8 Å². The molecule has 0 spiro atoms. The van der Waals surface area contributed by atoms with Crippen molar-refractivity contribution >= 4 is 17.4 Å². The van der Waals surface area contributed by atoms with E-state index in [0.29, 0.717) is 5.82 Å². The van der Waals surface area contributed by atoms with Crippen molar-refractivity contribution in [2.75, 3.05) is 5.43 Å². The van der Waals surface area contributed by atoms with Crippen molar-refractivity contribution in [1.29, 1.82) is 0 Å². The fraction of sp³-hybridized carbons (Fsp3) is 0.333. The molecular formula is C6H11ClN4. The Morgan fingerprint density at radius 3 is 2.55 bits per heavy atom. The number of nitrogen functional groups attached to an aromatic ring is 1. The third-order valence-electron chi connectivity index (χ3n) is 0.774. The van der Waals surface area contributed by atoms with Gasteiger partial charge < -0.3 is 5.43 Å². The van der Waals surface area contributed by atoms with Crippen LogP contribution in [0.25, 0.3) is 0 Å². The van der Waals surface area contributed by atoms with Crippen LogP contribution >= 0.6 is 11.6 Å². The van der Waals surface area contributed by atoms with Gasteiger partial charge in [0.15, 0.2) is 0 Å². The zero-order chi connectivity index (χ0) is 8.69. The molecule has 0 saturated carbocycles. The van der Waals surface area contributed by atoms with Crippen LogP contribution in [0.1, 0.15) is 13.8 Å². The summed E-state index contributed by atoms with van der Waals surface area (Å²) in [6.45, 7) is 4.00. The van der Waals surface area contributed by atoms with Gasteiger partial charge >= 0.3 is 0 Å². The van der Waals surface area contributed by atoms with Gasteiger partial charge in [-0.2, -0.15) is 4.98 Å². The van der Waals surface area contributed by atoms with Crippen molar-refractivity contribution in [1.82, 2.24) is 9.97 Å². The SMILES string of the molecule is CC.NNc1ccnc(Cl)n1. The molecule has 11 heavy (non-hydrogen) atoms. The highest BCUT2D eigenvalue weighted by Gasteiger charge is 1.90. The number of rotatable bonds is 1. The Morgan fingerprint density at radius 1 is 1.55 bits per heavy atom. The molecule has 0 unspecified atom stereocenters. The van der Waals surface area contributed by atoms with Gasteiger partial charge in [0.2, 0.25) is 5.28 Å². The first-order valence-corrected chi connectivity index (χ1v) is 3.66. The quantitative estimate of drug-likeness (QED) is 0.384. The number of nitrogens with two attached hydrogens (primary N) is 1. The van der Waals surface area contributed by atoms with Crippen LogP contribution in [0, 0.1) is 0 Å². The van der Waals surface area contributed by atoms with Crippen molar-refractivity contribution < 1.29 is 0 Å². The first-order chi connectivity index (χ1) is 5.33. The van der Waals surface area contributed by atoms with Gasteiger partial charge in [-0.05, 0) is 11.6 Å². The maximum absolute atomic E-state index is 5.41. The van der Waals surface area contributed by atoms with Gasteiger partial charge in [0.25, 0.3) is 0 Å². The maximum atomic E-state index is 5.41. The first-order valence-electron chi connectivity index (χ1n) is 3.28. The van der Waals surface area contributed by atoms with E-state index in [2.05, 4.69) is 15.4 Å². The minimum Gasteiger partial charge on any atom is -0.308 e. The molecule has 0 saturated heterocycles. The fourth-order valence-electron chi connectivity index (χ4n) is 0.415. The molecular weight excluding hydrogens is 164 g/mol. The Bertz CT molecular complexity index is 204. The van der Waals surface area contributed by atoms with Crippen molar-refractivity contribution in [3.05, 3.63) is 17.5 Å². The number of aromatic nitrogens is 2. The second-order valence-corrected chi connectivity index (χ2v) is 1.69. The summed E-state index contributed by atoms with van der Waals surface area (Å²) >= 11 is 5.41. The lowest BCUT2D eigenvalue weighted by molar-refractivity contribution is 1.14. The Morgan fingerprint density at radius 2 is 2.18 bits per heavy atom. The van der Waals surface area contributed by atoms with Crippen LogP contribution in [-0.4, -0.2) is 9.97 Å². The number of nitrogens with one attached hydrogen (secondary N) is 1. The van der Waals surface area contributed by atoms with Gasteiger partial charge in [0, 0.05) is 12.3 Å². The van der Waals surface area contributed by atoms with Gasteiger partial charge in [-0.3, -0.25) is 0 Å². The average molecular weight is 175 g/mol. The molecule has 0 aliphatic rings. The molecule has 0 aliphatic carbocycles. The summed E-state index contributed by atoms with van der Waals surface area (Å²) in [6, 6.07) is 1.62. The molecule has 3 N–H and O–H groups in total. The standard InChI is InChI=1S/C4H5ClN4.C2H6/c5-4-7-2-1-3(8-4)9-6;1-2/h1-2H,6H2,(H,7,8,9);1-2H3. The highest BCUT2D eigenvalue weighted by molar-refractivity contribution is 6.28. The third-order valence-corrected chi connectivity index (χ3v) is 0.956. The van der Waals surface area contributed by atoms with Crippen molar-refractivity contribution in [3.63, 3.8) is 0 Å². The van der Waals surface area contributed by atoms with Gasteiger partial charge in [-0.15, -0.1) is 0 Å². The molecule has 0 aromatic carbocycles. The largest absolute Gasteiger partial charge is 0.308 e. The van der Waals surface area contributed by atoms with E-state index >= 15 is 0 Å². The molecule has 0 atom stereocenters. The second-order valence-electron chi connectivity index (χ2n) is 1.36. The molecule has 0 fully saturated rings. The number of hydrazine groups is 1. The summed E-state index contributed by atoms with van der Waals surface area (Å²) in [6.07, 6.45) is 1.52. The van der Waals surface area contributed by atoms with Crippen molar-refractivity contribution in [2.45, 2.75) is 13.8 Å². The first kappa shape index (κ1) is 10.1. The molecule has 1 aromatic heterocycles. The van der Waals surface area contributed by atoms with Crippen LogP contribution in [0.3, 0.4) is 0 Å². The highest BCUT2D eigenvalue weighted by atomic mass is 35.5. The minimum absolute atomic E-state index is 0.186. The van der Waals surface area contributed by atoms with Crippen LogP contribution in [0.2, 0.25) is 5.28 Å². The van der Waals surface area contributed by atoms with E-state index < -0.39 is 0 Å². The lowest BCUT2D eigenvalue weighted by Gasteiger charge is -1.94. The van der Waals surface area contributed by atoms with E-state index in [4.69, 9.17) is 17.4 Å². The average Bonchev–Trinajstić information content (AvgIpc) is 2.08. The molecule has 0 bridgehead atoms. The van der Waals surface area contributed by atoms with Gasteiger partial charge in [-0.25, -0.2) is 10.8 Å². The summed E-state index contributed by atoms with van der Waals surface area (Å²) in [7, 11) is 0. The molecule has 62 valence electrons. The molecule has 0 aliphatic heterocycles. The van der Waals surface area contributed by atoms with E-state index in [-0.39, 0.29) is 5.28 Å². The predicted molar refractivity (Wildman–Crippen MR) is 46.2 cm³/mol. The number of hydrogen-bond acceptors (Lipinski definition) is 4. The summed E-state index contributed by atoms with van der Waals surface area (Å²) in [5, 5.41) is 0.186. The molecule has 4 nitrogen and oxygen atoms in total. The topological polar surface area (TPSA) is 63.8 Å². The molecule has 0 radical (unpaired) electrons. The van der Waals surface area contributed by atoms with E-state index in [0.717, 1.165) is 0 Å². The van der Waals surface area contributed by atoms with Crippen molar-refractivity contribution in [2.24, 2.45) is 5.84 Å². The normalized spacial score (nSPS) is 8.00. The van der Waals surface area contributed by atoms with E-state index in [1.807, 2.05) is 13.8 Å². The third kappa shape index (κ3) is 3.75. The van der Waals surface area contributed by atoms with Crippen molar-refractivity contribution in [3.8, 4) is 0 Å². The van der Waals surface area contributed by atoms with Gasteiger partial charge in [0.1, 0.15) is 5.82 Å². The Kier molecular flexibility index (Phi) is 5.42. The fourth-order valence-corrected chi connectivity index (χ4v) is 0.563. The van der Waals surface area contributed by atoms with Crippen LogP contribution in [0.5, 0.6) is 0 Å². The predicted octanol–water partition coefficient (Wildman–Crippen LogP) is 1.44. The lowest BCUT2D eigenvalue weighted by atomic mass is 10.6. The number of hydrogen-bond donors (Lipinski definition) is 2. The molecule has 5 heteroatoms. The monoisotopic (exact) mass is 174 g/mol. The van der Waals surface area contributed by atoms with E-state index in [1.54, 1.807) is 6.07 Å². The Hall–Kier alpha value is -0.870. The smallest absolute Gasteiger partial charge is 0.224 e.